The van der Waals surface area contributed by atoms with Crippen molar-refractivity contribution in [2.45, 2.75) is 31.8 Å². The summed E-state index contributed by atoms with van der Waals surface area (Å²) in [6.45, 7) is 1.43. The highest BCUT2D eigenvalue weighted by Gasteiger charge is 2.38. The summed E-state index contributed by atoms with van der Waals surface area (Å²) in [6.07, 6.45) is 0.325. The van der Waals surface area contributed by atoms with Crippen molar-refractivity contribution in [3.8, 4) is 0 Å². The zero-order chi connectivity index (χ0) is 17.4. The van der Waals surface area contributed by atoms with Crippen molar-refractivity contribution in [1.82, 2.24) is 0 Å². The molecule has 0 N–H and O–H groups in total. The number of hydrogen-bond donors (Lipinski definition) is 0. The predicted octanol–water partition coefficient (Wildman–Crippen LogP) is 2.30. The Balaban J connectivity index is 2.18. The summed E-state index contributed by atoms with van der Waals surface area (Å²) < 4.78 is 16.2. The van der Waals surface area contributed by atoms with Crippen molar-refractivity contribution >= 4 is 12.3 Å². The zero-order valence-electron chi connectivity index (χ0n) is 13.1. The maximum absolute atomic E-state index is 11.2. The topological polar surface area (TPSA) is 111 Å². The monoisotopic (exact) mass is 331 g/mol. The highest BCUT2D eigenvalue weighted by atomic mass is 16.6. The molecule has 24 heavy (non-hydrogen) atoms. The minimum absolute atomic E-state index is 0.0745. The number of azide groups is 1. The van der Waals surface area contributed by atoms with E-state index < -0.39 is 24.2 Å². The number of benzene rings is 1. The molecule has 0 spiro atoms. The number of hydrogen-bond acceptors (Lipinski definition) is 6. The van der Waals surface area contributed by atoms with E-state index in [0.717, 1.165) is 5.56 Å². The van der Waals surface area contributed by atoms with Crippen LogP contribution in [0.2, 0.25) is 0 Å². The number of esters is 1. The van der Waals surface area contributed by atoms with Crippen LogP contribution >= 0.6 is 0 Å². The van der Waals surface area contributed by atoms with Gasteiger partial charge in [-0.15, -0.1) is 0 Å². The van der Waals surface area contributed by atoms with Gasteiger partial charge < -0.3 is 14.2 Å². The van der Waals surface area contributed by atoms with E-state index in [1.54, 1.807) is 0 Å². The SMILES string of the molecule is CC(=O)OC[C@H]1OC=C(C=O)[C@H](N=[N+]=[N-])[C@H]1OCc1ccccc1. The molecule has 0 saturated heterocycles. The van der Waals surface area contributed by atoms with Crippen LogP contribution in [0.3, 0.4) is 0 Å². The fourth-order valence-electron chi connectivity index (χ4n) is 2.29. The minimum Gasteiger partial charge on any atom is -0.491 e. The second kappa shape index (κ2) is 8.71. The van der Waals surface area contributed by atoms with E-state index in [0.29, 0.717) is 6.29 Å². The third-order valence-corrected chi connectivity index (χ3v) is 3.45. The lowest BCUT2D eigenvalue weighted by molar-refractivity contribution is -0.150. The lowest BCUT2D eigenvalue weighted by Gasteiger charge is -2.34. The second-order valence-electron chi connectivity index (χ2n) is 5.12. The van der Waals surface area contributed by atoms with Gasteiger partial charge in [0.05, 0.1) is 18.9 Å². The van der Waals surface area contributed by atoms with E-state index >= 15 is 0 Å². The van der Waals surface area contributed by atoms with E-state index in [-0.39, 0.29) is 18.8 Å². The molecule has 126 valence electrons. The first-order chi connectivity index (χ1) is 11.7. The Morgan fingerprint density at radius 2 is 2.17 bits per heavy atom. The van der Waals surface area contributed by atoms with E-state index in [1.165, 1.54) is 13.2 Å². The Labute approximate surface area is 138 Å². The van der Waals surface area contributed by atoms with Gasteiger partial charge in [0, 0.05) is 17.4 Å². The molecule has 1 aromatic carbocycles. The van der Waals surface area contributed by atoms with Gasteiger partial charge in [-0.25, -0.2) is 0 Å². The van der Waals surface area contributed by atoms with E-state index in [9.17, 15) is 9.59 Å². The molecular formula is C16H17N3O5. The molecule has 8 heteroatoms. The summed E-state index contributed by atoms with van der Waals surface area (Å²) >= 11 is 0. The van der Waals surface area contributed by atoms with E-state index in [4.69, 9.17) is 19.7 Å². The summed E-state index contributed by atoms with van der Waals surface area (Å²) in [7, 11) is 0. The zero-order valence-corrected chi connectivity index (χ0v) is 13.1. The Morgan fingerprint density at radius 1 is 1.42 bits per heavy atom. The summed E-state index contributed by atoms with van der Waals surface area (Å²) in [6, 6.07) is 8.52. The fraction of sp³-hybridized carbons (Fsp3) is 0.375. The van der Waals surface area contributed by atoms with Crippen molar-refractivity contribution in [2.24, 2.45) is 5.11 Å². The van der Waals surface area contributed by atoms with Crippen LogP contribution in [0, 0.1) is 0 Å². The molecule has 0 aromatic heterocycles. The molecule has 8 nitrogen and oxygen atoms in total. The summed E-state index contributed by atoms with van der Waals surface area (Å²) in [4.78, 5) is 25.0. The van der Waals surface area contributed by atoms with Gasteiger partial charge in [0.2, 0.25) is 0 Å². The Kier molecular flexibility index (Phi) is 6.36. The molecule has 0 bridgehead atoms. The van der Waals surface area contributed by atoms with E-state index in [2.05, 4.69) is 10.0 Å². The van der Waals surface area contributed by atoms with Gasteiger partial charge >= 0.3 is 5.97 Å². The van der Waals surface area contributed by atoms with Crippen LogP contribution in [0.5, 0.6) is 0 Å². The maximum Gasteiger partial charge on any atom is 0.302 e. The maximum atomic E-state index is 11.2. The van der Waals surface area contributed by atoms with Crippen LogP contribution in [0.25, 0.3) is 10.4 Å². The molecule has 1 aromatic rings. The lowest BCUT2D eigenvalue weighted by Crippen LogP contribution is -2.46. The first-order valence-electron chi connectivity index (χ1n) is 7.29. The minimum atomic E-state index is -0.856. The lowest BCUT2D eigenvalue weighted by atomic mass is 9.97. The highest BCUT2D eigenvalue weighted by Crippen LogP contribution is 2.25. The molecule has 0 saturated carbocycles. The average Bonchev–Trinajstić information content (AvgIpc) is 2.60. The quantitative estimate of drug-likeness (QED) is 0.250. The molecule has 1 aliphatic rings. The molecule has 1 aliphatic heterocycles. The first kappa shape index (κ1) is 17.5. The predicted molar refractivity (Wildman–Crippen MR) is 83.6 cm³/mol. The summed E-state index contributed by atoms with van der Waals surface area (Å²) in [5.41, 5.74) is 9.85. The van der Waals surface area contributed by atoms with Gasteiger partial charge in [0.15, 0.2) is 6.10 Å². The number of nitrogens with zero attached hydrogens (tertiary/aromatic N) is 3. The summed E-state index contributed by atoms with van der Waals surface area (Å²) in [5.74, 6) is -0.467. The smallest absolute Gasteiger partial charge is 0.302 e. The van der Waals surface area contributed by atoms with Crippen molar-refractivity contribution in [3.63, 3.8) is 0 Å². The van der Waals surface area contributed by atoms with Gasteiger partial charge in [0.25, 0.3) is 0 Å². The van der Waals surface area contributed by atoms with Gasteiger partial charge in [-0.3, -0.25) is 9.59 Å². The van der Waals surface area contributed by atoms with Crippen molar-refractivity contribution in [1.29, 1.82) is 0 Å². The van der Waals surface area contributed by atoms with Crippen LogP contribution in [0.15, 0.2) is 47.3 Å². The van der Waals surface area contributed by atoms with Gasteiger partial charge in [-0.2, -0.15) is 0 Å². The largest absolute Gasteiger partial charge is 0.491 e. The van der Waals surface area contributed by atoms with E-state index in [1.807, 2.05) is 30.3 Å². The molecule has 0 amide bonds. The number of rotatable bonds is 7. The Bertz CT molecular complexity index is 655. The van der Waals surface area contributed by atoms with Gasteiger partial charge in [0.1, 0.15) is 19.0 Å². The molecule has 0 unspecified atom stereocenters. The third kappa shape index (κ3) is 4.58. The number of carbonyl (C=O) groups excluding carboxylic acids is 2. The van der Waals surface area contributed by atoms with Gasteiger partial charge in [-0.1, -0.05) is 35.4 Å². The number of ether oxygens (including phenoxy) is 3. The second-order valence-corrected chi connectivity index (χ2v) is 5.12. The van der Waals surface area contributed by atoms with Gasteiger partial charge in [-0.05, 0) is 11.1 Å². The molecule has 0 radical (unpaired) electrons. The van der Waals surface area contributed by atoms with Crippen LogP contribution in [0.1, 0.15) is 12.5 Å². The van der Waals surface area contributed by atoms with Crippen molar-refractivity contribution in [3.05, 3.63) is 58.2 Å². The van der Waals surface area contributed by atoms with Crippen molar-refractivity contribution < 1.29 is 23.8 Å². The number of aldehydes is 1. The standard InChI is InChI=1S/C16H17N3O5/c1-11(21)22-10-14-16(24-8-12-5-3-2-4-6-12)15(18-19-17)13(7-20)9-23-14/h2-7,9,14-16H,8,10H2,1H3/t14-,15+,16+/m1/s1. The third-order valence-electron chi connectivity index (χ3n) is 3.45. The fourth-order valence-corrected chi connectivity index (χ4v) is 2.29. The number of carbonyl (C=O) groups is 2. The highest BCUT2D eigenvalue weighted by molar-refractivity contribution is 5.75. The normalized spacial score (nSPS) is 22.5. The molecule has 3 atom stereocenters. The van der Waals surface area contributed by atoms with Crippen LogP contribution in [-0.2, 0) is 30.4 Å². The molecule has 0 fully saturated rings. The Hall–Kier alpha value is -2.83. The van der Waals surface area contributed by atoms with Crippen LogP contribution < -0.4 is 0 Å². The van der Waals surface area contributed by atoms with Crippen LogP contribution in [-0.4, -0.2) is 37.1 Å². The molecular weight excluding hydrogens is 314 g/mol. The first-order valence-corrected chi connectivity index (χ1v) is 7.29. The molecule has 0 aliphatic carbocycles. The molecule has 1 heterocycles. The summed E-state index contributed by atoms with van der Waals surface area (Å²) in [5, 5.41) is 3.64. The molecule has 2 rings (SSSR count). The van der Waals surface area contributed by atoms with Crippen LogP contribution in [0.4, 0.5) is 0 Å². The Morgan fingerprint density at radius 3 is 2.79 bits per heavy atom. The average molecular weight is 331 g/mol. The van der Waals surface area contributed by atoms with Crippen molar-refractivity contribution in [2.75, 3.05) is 6.61 Å².